The maximum absolute atomic E-state index is 12.4. The molecule has 1 aromatic heterocycles. The van der Waals surface area contributed by atoms with Gasteiger partial charge in [-0.05, 0) is 11.4 Å². The van der Waals surface area contributed by atoms with Gasteiger partial charge in [-0.3, -0.25) is 9.69 Å². The minimum absolute atomic E-state index is 0.0457. The van der Waals surface area contributed by atoms with Crippen LogP contribution in [0.15, 0.2) is 17.5 Å². The number of nitrogens with zero attached hydrogens (tertiary/aromatic N) is 3. The molecule has 3 aliphatic rings. The van der Waals surface area contributed by atoms with Gasteiger partial charge in [-0.25, -0.2) is 0 Å². The highest BCUT2D eigenvalue weighted by atomic mass is 32.1. The summed E-state index contributed by atoms with van der Waals surface area (Å²) in [5.74, 6) is 0.0757. The van der Waals surface area contributed by atoms with Crippen LogP contribution in [0.1, 0.15) is 9.67 Å². The van der Waals surface area contributed by atoms with Gasteiger partial charge in [0.1, 0.15) is 12.2 Å². The van der Waals surface area contributed by atoms with Crippen molar-refractivity contribution in [2.45, 2.75) is 24.4 Å². The van der Waals surface area contributed by atoms with Crippen molar-refractivity contribution in [1.82, 2.24) is 9.80 Å². The number of thiophene rings is 1. The number of fused-ring (bicyclic) bond motifs is 1. The molecule has 0 unspecified atom stereocenters. The summed E-state index contributed by atoms with van der Waals surface area (Å²) < 4.78 is 11.4. The zero-order chi connectivity index (χ0) is 17.4. The van der Waals surface area contributed by atoms with Gasteiger partial charge in [0, 0.05) is 26.2 Å². The van der Waals surface area contributed by atoms with Crippen LogP contribution in [-0.2, 0) is 14.3 Å². The predicted octanol–water partition coefficient (Wildman–Crippen LogP) is 0.249. The Balaban J connectivity index is 1.33. The minimum Gasteiger partial charge on any atom is -0.371 e. The van der Waals surface area contributed by atoms with Crippen molar-refractivity contribution < 1.29 is 24.2 Å². The topological polar surface area (TPSA) is 94.4 Å². The molecule has 0 spiro atoms. The summed E-state index contributed by atoms with van der Waals surface area (Å²) in [6.07, 6.45) is -1.28. The Hall–Kier alpha value is -1.75. The molecule has 4 rings (SSSR count). The Morgan fingerprint density at radius 2 is 2.00 bits per heavy atom. The van der Waals surface area contributed by atoms with Crippen LogP contribution in [0.3, 0.4) is 0 Å². The maximum atomic E-state index is 12.4. The highest BCUT2D eigenvalue weighted by molar-refractivity contribution is 7.12. The van der Waals surface area contributed by atoms with Crippen LogP contribution < -0.4 is 0 Å². The molecule has 0 aliphatic carbocycles. The molecule has 4 atom stereocenters. The SMILES string of the molecule is O=C(c1cccs1)N1CCN([C@H]2CO[C@H]3[C@@H]2OC[C@@H]3O[N+](=O)[O-])CC1. The molecule has 0 N–H and O–H groups in total. The van der Waals surface area contributed by atoms with Crippen LogP contribution in [0.25, 0.3) is 0 Å². The van der Waals surface area contributed by atoms with Gasteiger partial charge in [0.25, 0.3) is 11.0 Å². The van der Waals surface area contributed by atoms with Gasteiger partial charge in [-0.2, -0.15) is 0 Å². The number of amides is 1. The van der Waals surface area contributed by atoms with Crippen LogP contribution in [0.4, 0.5) is 0 Å². The molecule has 4 heterocycles. The molecule has 1 aromatic rings. The first-order valence-corrected chi connectivity index (χ1v) is 9.12. The number of hydrogen-bond acceptors (Lipinski definition) is 8. The van der Waals surface area contributed by atoms with Crippen molar-refractivity contribution in [1.29, 1.82) is 0 Å². The monoisotopic (exact) mass is 369 g/mol. The van der Waals surface area contributed by atoms with E-state index in [0.717, 1.165) is 18.0 Å². The molecule has 0 radical (unpaired) electrons. The van der Waals surface area contributed by atoms with E-state index < -0.39 is 17.3 Å². The fraction of sp³-hybridized carbons (Fsp3) is 0.667. The first kappa shape index (κ1) is 16.7. The van der Waals surface area contributed by atoms with E-state index in [4.69, 9.17) is 9.47 Å². The van der Waals surface area contributed by atoms with Crippen LogP contribution >= 0.6 is 11.3 Å². The fourth-order valence-corrected chi connectivity index (χ4v) is 4.46. The Kier molecular flexibility index (Phi) is 4.59. The Bertz CT molecular complexity index is 633. The second kappa shape index (κ2) is 6.87. The smallest absolute Gasteiger partial charge is 0.294 e. The highest BCUT2D eigenvalue weighted by Gasteiger charge is 2.51. The normalized spacial score (nSPS) is 32.6. The van der Waals surface area contributed by atoms with Gasteiger partial charge in [0.05, 0.1) is 24.1 Å². The molecule has 136 valence electrons. The second-order valence-electron chi connectivity index (χ2n) is 6.34. The average Bonchev–Trinajstić information content (AvgIpc) is 3.33. The van der Waals surface area contributed by atoms with Gasteiger partial charge in [0.15, 0.2) is 6.10 Å². The van der Waals surface area contributed by atoms with E-state index in [1.165, 1.54) is 11.3 Å². The first-order valence-electron chi connectivity index (χ1n) is 8.24. The summed E-state index contributed by atoms with van der Waals surface area (Å²) in [5, 5.41) is 11.7. The maximum Gasteiger partial charge on any atom is 0.294 e. The molecule has 1 amide bonds. The summed E-state index contributed by atoms with van der Waals surface area (Å²) >= 11 is 1.45. The molecule has 3 saturated heterocycles. The van der Waals surface area contributed by atoms with E-state index in [2.05, 4.69) is 9.74 Å². The van der Waals surface area contributed by atoms with Crippen LogP contribution in [-0.4, -0.2) is 84.5 Å². The Labute approximate surface area is 148 Å². The lowest BCUT2D eigenvalue weighted by molar-refractivity contribution is -0.769. The van der Waals surface area contributed by atoms with E-state index in [1.54, 1.807) is 0 Å². The van der Waals surface area contributed by atoms with Crippen molar-refractivity contribution in [3.05, 3.63) is 32.5 Å². The highest BCUT2D eigenvalue weighted by Crippen LogP contribution is 2.32. The van der Waals surface area contributed by atoms with Crippen LogP contribution in [0.2, 0.25) is 0 Å². The number of piperazine rings is 1. The summed E-state index contributed by atoms with van der Waals surface area (Å²) in [6, 6.07) is 3.77. The summed E-state index contributed by atoms with van der Waals surface area (Å²) in [6.45, 7) is 3.41. The lowest BCUT2D eigenvalue weighted by atomic mass is 10.1. The number of hydrogen-bond donors (Lipinski definition) is 0. The molecule has 3 aliphatic heterocycles. The van der Waals surface area contributed by atoms with Crippen molar-refractivity contribution >= 4 is 17.2 Å². The van der Waals surface area contributed by atoms with E-state index >= 15 is 0 Å². The third-order valence-corrected chi connectivity index (χ3v) is 5.86. The van der Waals surface area contributed by atoms with Gasteiger partial charge in [0.2, 0.25) is 0 Å². The van der Waals surface area contributed by atoms with Crippen molar-refractivity contribution in [3.8, 4) is 0 Å². The summed E-state index contributed by atoms with van der Waals surface area (Å²) in [4.78, 5) is 32.5. The van der Waals surface area contributed by atoms with Gasteiger partial charge >= 0.3 is 0 Å². The zero-order valence-corrected chi connectivity index (χ0v) is 14.3. The molecular weight excluding hydrogens is 350 g/mol. The number of rotatable bonds is 4. The molecule has 9 nitrogen and oxygen atoms in total. The zero-order valence-electron chi connectivity index (χ0n) is 13.5. The molecule has 0 bridgehead atoms. The third-order valence-electron chi connectivity index (χ3n) is 5.01. The predicted molar refractivity (Wildman–Crippen MR) is 86.9 cm³/mol. The van der Waals surface area contributed by atoms with Gasteiger partial charge in [-0.15, -0.1) is 21.5 Å². The molecule has 3 fully saturated rings. The van der Waals surface area contributed by atoms with Crippen LogP contribution in [0, 0.1) is 10.1 Å². The summed E-state index contributed by atoms with van der Waals surface area (Å²) in [7, 11) is 0. The second-order valence-corrected chi connectivity index (χ2v) is 7.28. The average molecular weight is 369 g/mol. The minimum atomic E-state index is -0.790. The first-order chi connectivity index (χ1) is 12.1. The molecular formula is C15H19N3O6S. The quantitative estimate of drug-likeness (QED) is 0.555. The number of carbonyl (C=O) groups excluding carboxylic acids is 1. The molecule has 0 saturated carbocycles. The molecule has 10 heteroatoms. The summed E-state index contributed by atoms with van der Waals surface area (Å²) in [5.41, 5.74) is 0. The lowest BCUT2D eigenvalue weighted by Crippen LogP contribution is -2.55. The van der Waals surface area contributed by atoms with Crippen LogP contribution in [0.5, 0.6) is 0 Å². The van der Waals surface area contributed by atoms with E-state index in [0.29, 0.717) is 19.7 Å². The largest absolute Gasteiger partial charge is 0.371 e. The molecule has 25 heavy (non-hydrogen) atoms. The standard InChI is InChI=1S/C15H19N3O6S/c19-15(12-2-1-7-25-12)17-5-3-16(4-6-17)10-8-22-14-11(24-18(20)21)9-23-13(10)14/h1-2,7,10-11,13-14H,3-6,8-9H2/t10-,11-,13+,14+/m0/s1. The van der Waals surface area contributed by atoms with Gasteiger partial charge < -0.3 is 19.2 Å². The van der Waals surface area contributed by atoms with Crippen molar-refractivity contribution in [2.24, 2.45) is 0 Å². The van der Waals surface area contributed by atoms with Crippen molar-refractivity contribution in [2.75, 3.05) is 39.4 Å². The van der Waals surface area contributed by atoms with Gasteiger partial charge in [-0.1, -0.05) is 6.07 Å². The van der Waals surface area contributed by atoms with Crippen molar-refractivity contribution in [3.63, 3.8) is 0 Å². The lowest BCUT2D eigenvalue weighted by Gasteiger charge is -2.38. The molecule has 0 aromatic carbocycles. The number of ether oxygens (including phenoxy) is 2. The fourth-order valence-electron chi connectivity index (χ4n) is 3.77. The van der Waals surface area contributed by atoms with E-state index in [1.807, 2.05) is 22.4 Å². The van der Waals surface area contributed by atoms with E-state index in [9.17, 15) is 14.9 Å². The Morgan fingerprint density at radius 1 is 1.24 bits per heavy atom. The third kappa shape index (κ3) is 3.22. The number of carbonyl (C=O) groups is 1. The van der Waals surface area contributed by atoms with E-state index in [-0.39, 0.29) is 24.7 Å². The Morgan fingerprint density at radius 3 is 2.68 bits per heavy atom.